The first-order chi connectivity index (χ1) is 13.9. The summed E-state index contributed by atoms with van der Waals surface area (Å²) in [6, 6.07) is 0.891. The van der Waals surface area contributed by atoms with Crippen molar-refractivity contribution >= 4 is 11.8 Å². The molecule has 0 aromatic carbocycles. The van der Waals surface area contributed by atoms with Gasteiger partial charge in [0.05, 0.1) is 6.54 Å². The van der Waals surface area contributed by atoms with Gasteiger partial charge in [0.25, 0.3) is 0 Å². The van der Waals surface area contributed by atoms with Gasteiger partial charge in [-0.2, -0.15) is 0 Å². The molecule has 0 radical (unpaired) electrons. The molecule has 2 rings (SSSR count). The standard InChI is InChI=1S/C23H44N4O2/c1-5-7-19(3)17-22(28)24-21-9-11-25(12-10-21)18-23(29)27-15-13-26(14-16-27)20(4)8-6-2/h19-21H,5-18H2,1-4H3,(H,24,28). The summed E-state index contributed by atoms with van der Waals surface area (Å²) in [5, 5.41) is 3.20. The van der Waals surface area contributed by atoms with E-state index in [1.165, 1.54) is 12.8 Å². The third-order valence-corrected chi connectivity index (χ3v) is 6.62. The summed E-state index contributed by atoms with van der Waals surface area (Å²) in [7, 11) is 0. The number of rotatable bonds is 10. The summed E-state index contributed by atoms with van der Waals surface area (Å²) in [6.07, 6.45) is 7.22. The van der Waals surface area contributed by atoms with Crippen LogP contribution in [0.3, 0.4) is 0 Å². The van der Waals surface area contributed by atoms with Crippen LogP contribution < -0.4 is 5.32 Å². The first kappa shape index (κ1) is 24.1. The predicted octanol–water partition coefficient (Wildman–Crippen LogP) is 2.73. The highest BCUT2D eigenvalue weighted by molar-refractivity contribution is 5.78. The summed E-state index contributed by atoms with van der Waals surface area (Å²) >= 11 is 0. The van der Waals surface area contributed by atoms with Crippen molar-refractivity contribution in [2.45, 2.75) is 84.7 Å². The molecule has 0 aromatic heterocycles. The van der Waals surface area contributed by atoms with Crippen LogP contribution in [0.15, 0.2) is 0 Å². The van der Waals surface area contributed by atoms with Gasteiger partial charge >= 0.3 is 0 Å². The average molecular weight is 409 g/mol. The number of carbonyl (C=O) groups excluding carboxylic acids is 2. The predicted molar refractivity (Wildman–Crippen MR) is 119 cm³/mol. The second-order valence-corrected chi connectivity index (χ2v) is 9.27. The number of nitrogens with one attached hydrogen (secondary N) is 1. The topological polar surface area (TPSA) is 55.9 Å². The lowest BCUT2D eigenvalue weighted by Crippen LogP contribution is -2.54. The van der Waals surface area contributed by atoms with E-state index in [0.29, 0.717) is 24.9 Å². The fourth-order valence-electron chi connectivity index (χ4n) is 4.74. The molecule has 1 N–H and O–H groups in total. The van der Waals surface area contributed by atoms with Crippen LogP contribution >= 0.6 is 0 Å². The van der Waals surface area contributed by atoms with Crippen molar-refractivity contribution in [3.8, 4) is 0 Å². The molecule has 6 heteroatoms. The first-order valence-electron chi connectivity index (χ1n) is 12.0. The van der Waals surface area contributed by atoms with Gasteiger partial charge < -0.3 is 10.2 Å². The Bertz CT molecular complexity index is 497. The van der Waals surface area contributed by atoms with E-state index in [4.69, 9.17) is 0 Å². The van der Waals surface area contributed by atoms with Crippen LogP contribution in [0.2, 0.25) is 0 Å². The number of likely N-dealkylation sites (tertiary alicyclic amines) is 1. The molecule has 0 aromatic rings. The van der Waals surface area contributed by atoms with E-state index in [2.05, 4.69) is 42.8 Å². The molecule has 2 atom stereocenters. The summed E-state index contributed by atoms with van der Waals surface area (Å²) in [6.45, 7) is 14.9. The molecule has 6 nitrogen and oxygen atoms in total. The molecule has 2 amide bonds. The molecule has 29 heavy (non-hydrogen) atoms. The van der Waals surface area contributed by atoms with Gasteiger partial charge in [0.2, 0.25) is 11.8 Å². The van der Waals surface area contributed by atoms with Crippen LogP contribution in [-0.2, 0) is 9.59 Å². The molecule has 0 saturated carbocycles. The van der Waals surface area contributed by atoms with Gasteiger partial charge in [-0.1, -0.05) is 40.0 Å². The molecule has 2 saturated heterocycles. The van der Waals surface area contributed by atoms with E-state index in [1.54, 1.807) is 0 Å². The monoisotopic (exact) mass is 408 g/mol. The number of piperazine rings is 1. The Balaban J connectivity index is 1.64. The highest BCUT2D eigenvalue weighted by Crippen LogP contribution is 2.15. The molecule has 2 heterocycles. The summed E-state index contributed by atoms with van der Waals surface area (Å²) < 4.78 is 0. The lowest BCUT2D eigenvalue weighted by Gasteiger charge is -2.39. The maximum atomic E-state index is 12.7. The molecule has 0 aliphatic carbocycles. The third-order valence-electron chi connectivity index (χ3n) is 6.62. The van der Waals surface area contributed by atoms with E-state index >= 15 is 0 Å². The molecule has 2 aliphatic rings. The minimum Gasteiger partial charge on any atom is -0.353 e. The maximum Gasteiger partial charge on any atom is 0.236 e. The Morgan fingerprint density at radius 1 is 0.931 bits per heavy atom. The van der Waals surface area contributed by atoms with Crippen molar-refractivity contribution in [2.75, 3.05) is 45.8 Å². The number of hydrogen-bond acceptors (Lipinski definition) is 4. The first-order valence-corrected chi connectivity index (χ1v) is 12.0. The molecule has 2 unspecified atom stereocenters. The van der Waals surface area contributed by atoms with E-state index in [1.807, 2.05) is 4.90 Å². The van der Waals surface area contributed by atoms with Crippen molar-refractivity contribution in [3.05, 3.63) is 0 Å². The van der Waals surface area contributed by atoms with Crippen molar-refractivity contribution in [1.29, 1.82) is 0 Å². The van der Waals surface area contributed by atoms with Crippen LogP contribution in [0.25, 0.3) is 0 Å². The molecule has 0 spiro atoms. The highest BCUT2D eigenvalue weighted by Gasteiger charge is 2.27. The molecule has 0 bridgehead atoms. The van der Waals surface area contributed by atoms with Crippen LogP contribution in [0.1, 0.15) is 72.6 Å². The van der Waals surface area contributed by atoms with E-state index in [9.17, 15) is 9.59 Å². The lowest BCUT2D eigenvalue weighted by molar-refractivity contribution is -0.135. The van der Waals surface area contributed by atoms with Crippen LogP contribution in [0.4, 0.5) is 0 Å². The number of amides is 2. The van der Waals surface area contributed by atoms with E-state index in [-0.39, 0.29) is 17.9 Å². The fourth-order valence-corrected chi connectivity index (χ4v) is 4.74. The highest BCUT2D eigenvalue weighted by atomic mass is 16.2. The van der Waals surface area contributed by atoms with Gasteiger partial charge in [-0.05, 0) is 32.1 Å². The Morgan fingerprint density at radius 3 is 2.14 bits per heavy atom. The quantitative estimate of drug-likeness (QED) is 0.604. The smallest absolute Gasteiger partial charge is 0.236 e. The van der Waals surface area contributed by atoms with Crippen molar-refractivity contribution in [2.24, 2.45) is 5.92 Å². The lowest BCUT2D eigenvalue weighted by atomic mass is 10.0. The van der Waals surface area contributed by atoms with Crippen LogP contribution in [0.5, 0.6) is 0 Å². The van der Waals surface area contributed by atoms with Crippen LogP contribution in [0, 0.1) is 5.92 Å². The largest absolute Gasteiger partial charge is 0.353 e. The number of nitrogens with zero attached hydrogens (tertiary/aromatic N) is 3. The van der Waals surface area contributed by atoms with E-state index < -0.39 is 0 Å². The maximum absolute atomic E-state index is 12.7. The molecule has 2 fully saturated rings. The van der Waals surface area contributed by atoms with Gasteiger partial charge in [0.1, 0.15) is 0 Å². The zero-order chi connectivity index (χ0) is 21.2. The number of hydrogen-bond donors (Lipinski definition) is 1. The zero-order valence-electron chi connectivity index (χ0n) is 19.3. The van der Waals surface area contributed by atoms with Gasteiger partial charge in [-0.15, -0.1) is 0 Å². The van der Waals surface area contributed by atoms with Crippen molar-refractivity contribution in [1.82, 2.24) is 20.0 Å². The third kappa shape index (κ3) is 8.25. The molecular formula is C23H44N4O2. The van der Waals surface area contributed by atoms with Crippen molar-refractivity contribution in [3.63, 3.8) is 0 Å². The number of carbonyl (C=O) groups is 2. The second-order valence-electron chi connectivity index (χ2n) is 9.27. The minimum atomic E-state index is 0.190. The Kier molecular flexibility index (Phi) is 10.4. The minimum absolute atomic E-state index is 0.190. The van der Waals surface area contributed by atoms with Gasteiger partial charge in [0, 0.05) is 57.8 Å². The Hall–Kier alpha value is -1.14. The number of piperidine rings is 1. The summed E-state index contributed by atoms with van der Waals surface area (Å²) in [5.74, 6) is 0.919. The molecule has 2 aliphatic heterocycles. The van der Waals surface area contributed by atoms with Gasteiger partial charge in [-0.25, -0.2) is 0 Å². The zero-order valence-corrected chi connectivity index (χ0v) is 19.3. The summed E-state index contributed by atoms with van der Waals surface area (Å²) in [5.41, 5.74) is 0. The van der Waals surface area contributed by atoms with Crippen molar-refractivity contribution < 1.29 is 9.59 Å². The van der Waals surface area contributed by atoms with Gasteiger partial charge in [-0.3, -0.25) is 19.4 Å². The Labute approximate surface area is 178 Å². The SMILES string of the molecule is CCCC(C)CC(=O)NC1CCN(CC(=O)N2CCN(C(C)CCC)CC2)CC1. The fraction of sp³-hybridized carbons (Fsp3) is 0.913. The normalized spacial score (nSPS) is 21.7. The van der Waals surface area contributed by atoms with Gasteiger partial charge in [0.15, 0.2) is 0 Å². The second kappa shape index (κ2) is 12.5. The van der Waals surface area contributed by atoms with Crippen LogP contribution in [-0.4, -0.2) is 84.4 Å². The molecule has 168 valence electrons. The Morgan fingerprint density at radius 2 is 1.55 bits per heavy atom. The summed E-state index contributed by atoms with van der Waals surface area (Å²) in [4.78, 5) is 31.7. The average Bonchev–Trinajstić information content (AvgIpc) is 2.70. The van der Waals surface area contributed by atoms with E-state index in [0.717, 1.165) is 65.0 Å². The molecular weight excluding hydrogens is 364 g/mol.